The molecule has 28 heavy (non-hydrogen) atoms. The van der Waals surface area contributed by atoms with Crippen LogP contribution in [-0.4, -0.2) is 42.6 Å². The van der Waals surface area contributed by atoms with E-state index in [1.807, 2.05) is 24.3 Å². The molecule has 1 N–H and O–H groups in total. The number of amides is 1. The maximum Gasteiger partial charge on any atom is 0.247 e. The Kier molecular flexibility index (Phi) is 5.44. The monoisotopic (exact) mass is 379 g/mol. The first-order valence-electron chi connectivity index (χ1n) is 9.93. The van der Waals surface area contributed by atoms with Crippen molar-refractivity contribution in [2.75, 3.05) is 31.2 Å². The van der Waals surface area contributed by atoms with Gasteiger partial charge >= 0.3 is 0 Å². The van der Waals surface area contributed by atoms with Crippen molar-refractivity contribution >= 4 is 17.7 Å². The summed E-state index contributed by atoms with van der Waals surface area (Å²) in [6, 6.07) is 16.7. The fourth-order valence-electron chi connectivity index (χ4n) is 4.23. The second-order valence-electron chi connectivity index (χ2n) is 7.54. The molecule has 5 heteroatoms. The van der Waals surface area contributed by atoms with Crippen LogP contribution in [0.15, 0.2) is 60.7 Å². The number of benzene rings is 2. The fourth-order valence-corrected chi connectivity index (χ4v) is 4.23. The molecular formula is C23H26FN3O. The van der Waals surface area contributed by atoms with E-state index in [0.717, 1.165) is 50.1 Å². The Morgan fingerprint density at radius 1 is 1.04 bits per heavy atom. The number of hydrogen-bond donors (Lipinski definition) is 1. The zero-order valence-electron chi connectivity index (χ0n) is 16.0. The van der Waals surface area contributed by atoms with Crippen LogP contribution in [0, 0.1) is 5.82 Å². The molecule has 1 amide bonds. The number of carbonyl (C=O) groups is 1. The number of carbonyl (C=O) groups excluding carboxylic acids is 1. The molecule has 2 heterocycles. The van der Waals surface area contributed by atoms with Crippen molar-refractivity contribution in [1.29, 1.82) is 0 Å². The minimum atomic E-state index is -0.415. The lowest BCUT2D eigenvalue weighted by atomic mass is 9.85. The SMILES string of the molecule is O=C1NCN(c2ccccc2)C12CCN(CC/C=C\c1ccc(F)cc1)CC2. The van der Waals surface area contributed by atoms with Crippen LogP contribution >= 0.6 is 0 Å². The van der Waals surface area contributed by atoms with Crippen LogP contribution in [0.5, 0.6) is 0 Å². The molecule has 0 aliphatic carbocycles. The summed E-state index contributed by atoms with van der Waals surface area (Å²) in [4.78, 5) is 17.3. The van der Waals surface area contributed by atoms with Gasteiger partial charge in [-0.15, -0.1) is 0 Å². The number of anilines is 1. The standard InChI is InChI=1S/C23H26FN3O/c24-20-11-9-19(10-12-20)6-4-5-15-26-16-13-23(14-17-26)22(28)25-18-27(23)21-7-2-1-3-8-21/h1-4,6-12H,5,13-18H2,(H,25,28)/b6-4-. The van der Waals surface area contributed by atoms with Crippen LogP contribution in [0.1, 0.15) is 24.8 Å². The molecule has 0 unspecified atom stereocenters. The molecule has 2 aromatic rings. The van der Waals surface area contributed by atoms with Gasteiger partial charge in [0.25, 0.3) is 0 Å². The van der Waals surface area contributed by atoms with Gasteiger partial charge in [-0.25, -0.2) is 4.39 Å². The van der Waals surface area contributed by atoms with E-state index in [9.17, 15) is 9.18 Å². The summed E-state index contributed by atoms with van der Waals surface area (Å²) in [5.41, 5.74) is 1.71. The summed E-state index contributed by atoms with van der Waals surface area (Å²) in [7, 11) is 0. The average Bonchev–Trinajstić information content (AvgIpc) is 3.04. The Balaban J connectivity index is 1.32. The second-order valence-corrected chi connectivity index (χ2v) is 7.54. The second kappa shape index (κ2) is 8.15. The Hall–Kier alpha value is -2.66. The third-order valence-corrected chi connectivity index (χ3v) is 5.88. The van der Waals surface area contributed by atoms with Crippen LogP contribution in [0.2, 0.25) is 0 Å². The van der Waals surface area contributed by atoms with Crippen LogP contribution in [-0.2, 0) is 4.79 Å². The summed E-state index contributed by atoms with van der Waals surface area (Å²) >= 11 is 0. The number of para-hydroxylation sites is 1. The summed E-state index contributed by atoms with van der Waals surface area (Å²) in [6.45, 7) is 3.40. The first-order valence-corrected chi connectivity index (χ1v) is 9.93. The molecule has 2 aromatic carbocycles. The molecule has 2 aliphatic heterocycles. The molecule has 1 spiro atoms. The van der Waals surface area contributed by atoms with Crippen molar-refractivity contribution in [2.24, 2.45) is 0 Å². The fraction of sp³-hybridized carbons (Fsp3) is 0.348. The topological polar surface area (TPSA) is 35.6 Å². The summed E-state index contributed by atoms with van der Waals surface area (Å²) in [5, 5.41) is 3.05. The van der Waals surface area contributed by atoms with Crippen LogP contribution in [0.4, 0.5) is 10.1 Å². The molecule has 4 rings (SSSR count). The highest BCUT2D eigenvalue weighted by molar-refractivity contribution is 5.93. The number of rotatable bonds is 5. The maximum absolute atomic E-state index is 12.9. The van der Waals surface area contributed by atoms with Crippen molar-refractivity contribution in [2.45, 2.75) is 24.8 Å². The smallest absolute Gasteiger partial charge is 0.247 e. The third-order valence-electron chi connectivity index (χ3n) is 5.88. The molecule has 0 radical (unpaired) electrons. The van der Waals surface area contributed by atoms with Crippen molar-refractivity contribution in [3.63, 3.8) is 0 Å². The quantitative estimate of drug-likeness (QED) is 0.861. The van der Waals surface area contributed by atoms with Crippen molar-refractivity contribution in [1.82, 2.24) is 10.2 Å². The van der Waals surface area contributed by atoms with E-state index in [0.29, 0.717) is 6.67 Å². The molecule has 146 valence electrons. The summed E-state index contributed by atoms with van der Waals surface area (Å²) in [6.07, 6.45) is 6.80. The van der Waals surface area contributed by atoms with Gasteiger partial charge in [0.15, 0.2) is 0 Å². The van der Waals surface area contributed by atoms with Gasteiger partial charge in [-0.05, 0) is 49.1 Å². The molecule has 0 saturated carbocycles. The van der Waals surface area contributed by atoms with Crippen molar-refractivity contribution in [3.05, 3.63) is 72.1 Å². The lowest BCUT2D eigenvalue weighted by Gasteiger charge is -2.43. The number of likely N-dealkylation sites (tertiary alicyclic amines) is 1. The average molecular weight is 379 g/mol. The van der Waals surface area contributed by atoms with Gasteiger partial charge in [-0.2, -0.15) is 0 Å². The van der Waals surface area contributed by atoms with Gasteiger partial charge in [-0.3, -0.25) is 4.79 Å². The van der Waals surface area contributed by atoms with Crippen molar-refractivity contribution < 1.29 is 9.18 Å². The first kappa shape index (κ1) is 18.7. The molecule has 0 atom stereocenters. The van der Waals surface area contributed by atoms with E-state index in [1.54, 1.807) is 12.1 Å². The number of hydrogen-bond acceptors (Lipinski definition) is 3. The van der Waals surface area contributed by atoms with Crippen molar-refractivity contribution in [3.8, 4) is 0 Å². The highest BCUT2D eigenvalue weighted by Gasteiger charge is 2.50. The molecule has 0 aromatic heterocycles. The summed E-state index contributed by atoms with van der Waals surface area (Å²) in [5.74, 6) is -0.0490. The Morgan fingerprint density at radius 2 is 1.75 bits per heavy atom. The van der Waals surface area contributed by atoms with Gasteiger partial charge in [0, 0.05) is 25.3 Å². The van der Waals surface area contributed by atoms with E-state index in [2.05, 4.69) is 33.3 Å². The molecule has 2 saturated heterocycles. The highest BCUT2D eigenvalue weighted by atomic mass is 19.1. The maximum atomic E-state index is 12.9. The van der Waals surface area contributed by atoms with Crippen LogP contribution < -0.4 is 10.2 Å². The highest BCUT2D eigenvalue weighted by Crippen LogP contribution is 2.36. The molecular weight excluding hydrogens is 353 g/mol. The predicted octanol–water partition coefficient (Wildman–Crippen LogP) is 3.66. The van der Waals surface area contributed by atoms with Gasteiger partial charge in [-0.1, -0.05) is 42.5 Å². The van der Waals surface area contributed by atoms with E-state index < -0.39 is 5.54 Å². The Labute approximate surface area is 165 Å². The molecule has 2 fully saturated rings. The zero-order chi connectivity index (χ0) is 19.4. The third kappa shape index (κ3) is 3.80. The van der Waals surface area contributed by atoms with E-state index >= 15 is 0 Å². The minimum absolute atomic E-state index is 0.159. The van der Waals surface area contributed by atoms with Gasteiger partial charge < -0.3 is 15.1 Å². The van der Waals surface area contributed by atoms with E-state index in [4.69, 9.17) is 0 Å². The number of piperidine rings is 1. The predicted molar refractivity (Wildman–Crippen MR) is 110 cm³/mol. The number of nitrogens with zero attached hydrogens (tertiary/aromatic N) is 2. The largest absolute Gasteiger partial charge is 0.339 e. The van der Waals surface area contributed by atoms with Crippen LogP contribution in [0.25, 0.3) is 6.08 Å². The summed E-state index contributed by atoms with van der Waals surface area (Å²) < 4.78 is 12.9. The zero-order valence-corrected chi connectivity index (χ0v) is 16.0. The number of halogens is 1. The normalized spacial score (nSPS) is 19.5. The van der Waals surface area contributed by atoms with E-state index in [-0.39, 0.29) is 11.7 Å². The molecule has 2 aliphatic rings. The lowest BCUT2D eigenvalue weighted by molar-refractivity contribution is -0.125. The van der Waals surface area contributed by atoms with Crippen LogP contribution in [0.3, 0.4) is 0 Å². The molecule has 0 bridgehead atoms. The Bertz CT molecular complexity index is 827. The Morgan fingerprint density at radius 3 is 2.46 bits per heavy atom. The van der Waals surface area contributed by atoms with Gasteiger partial charge in [0.05, 0.1) is 6.67 Å². The van der Waals surface area contributed by atoms with Gasteiger partial charge in [0.1, 0.15) is 11.4 Å². The lowest BCUT2D eigenvalue weighted by Crippen LogP contribution is -2.56. The van der Waals surface area contributed by atoms with E-state index in [1.165, 1.54) is 12.1 Å². The first-order chi connectivity index (χ1) is 13.7. The molecule has 4 nitrogen and oxygen atoms in total. The minimum Gasteiger partial charge on any atom is -0.339 e. The van der Waals surface area contributed by atoms with Gasteiger partial charge in [0.2, 0.25) is 5.91 Å². The number of nitrogens with one attached hydrogen (secondary N) is 1.